The van der Waals surface area contributed by atoms with Crippen LogP contribution in [0, 0.1) is 5.92 Å². The zero-order chi connectivity index (χ0) is 27.1. The van der Waals surface area contributed by atoms with E-state index in [0.717, 1.165) is 36.5 Å². The summed E-state index contributed by atoms with van der Waals surface area (Å²) in [5.41, 5.74) is 2.05. The monoisotopic (exact) mass is 530 g/mol. The molecule has 0 amide bonds. The van der Waals surface area contributed by atoms with Gasteiger partial charge in [0.25, 0.3) is 5.56 Å². The molecule has 1 aromatic carbocycles. The van der Waals surface area contributed by atoms with E-state index in [1.165, 1.54) is 13.2 Å². The summed E-state index contributed by atoms with van der Waals surface area (Å²) in [4.78, 5) is 39.9. The number of hydrogen-bond donors (Lipinski definition) is 1. The van der Waals surface area contributed by atoms with Gasteiger partial charge in [0.2, 0.25) is 11.2 Å². The predicted octanol–water partition coefficient (Wildman–Crippen LogP) is 3.25. The van der Waals surface area contributed by atoms with E-state index in [9.17, 15) is 19.5 Å². The van der Waals surface area contributed by atoms with Crippen LogP contribution in [0.25, 0.3) is 6.08 Å². The summed E-state index contributed by atoms with van der Waals surface area (Å²) >= 11 is 0. The molecule has 3 aromatic rings. The summed E-state index contributed by atoms with van der Waals surface area (Å²) in [6.45, 7) is 2.71. The minimum atomic E-state index is -0.738. The van der Waals surface area contributed by atoms with Crippen molar-refractivity contribution in [2.75, 3.05) is 26.8 Å². The van der Waals surface area contributed by atoms with Crippen molar-refractivity contribution in [1.29, 1.82) is 0 Å². The molecular weight excluding hydrogens is 500 g/mol. The molecule has 2 aromatic heterocycles. The van der Waals surface area contributed by atoms with E-state index in [0.29, 0.717) is 30.3 Å². The van der Waals surface area contributed by atoms with Gasteiger partial charge in [-0.15, -0.1) is 0 Å². The van der Waals surface area contributed by atoms with Gasteiger partial charge in [-0.2, -0.15) is 0 Å². The maximum absolute atomic E-state index is 12.9. The molecule has 3 aliphatic heterocycles. The number of aromatic hydroxyl groups is 1. The molecule has 9 heteroatoms. The molecule has 2 bridgehead atoms. The fourth-order valence-electron chi connectivity index (χ4n) is 6.19. The smallest absolute Gasteiger partial charge is 0.306 e. The summed E-state index contributed by atoms with van der Waals surface area (Å²) in [6.07, 6.45) is 2.80. The molecule has 0 aliphatic carbocycles. The van der Waals surface area contributed by atoms with Gasteiger partial charge < -0.3 is 23.6 Å². The van der Waals surface area contributed by atoms with Gasteiger partial charge >= 0.3 is 5.97 Å². The Labute approximate surface area is 224 Å². The van der Waals surface area contributed by atoms with Crippen molar-refractivity contribution < 1.29 is 23.8 Å². The maximum atomic E-state index is 12.9. The Morgan fingerprint density at radius 1 is 1.13 bits per heavy atom. The highest BCUT2D eigenvalue weighted by Gasteiger charge is 2.35. The van der Waals surface area contributed by atoms with Crippen LogP contribution in [0.3, 0.4) is 0 Å². The molecule has 1 saturated heterocycles. The molecule has 9 nitrogen and oxygen atoms in total. The van der Waals surface area contributed by atoms with Crippen molar-refractivity contribution in [3.63, 3.8) is 0 Å². The quantitative estimate of drug-likeness (QED) is 0.484. The van der Waals surface area contributed by atoms with Crippen molar-refractivity contribution >= 4 is 12.0 Å². The molecule has 202 valence electrons. The number of piperidine rings is 1. The van der Waals surface area contributed by atoms with Crippen molar-refractivity contribution in [3.8, 4) is 11.5 Å². The highest BCUT2D eigenvalue weighted by molar-refractivity contribution is 5.73. The molecular formula is C30H30N2O7. The third-order valence-electron chi connectivity index (χ3n) is 7.95. The number of likely N-dealkylation sites (tertiary alicyclic amines) is 1. The van der Waals surface area contributed by atoms with E-state index in [1.54, 1.807) is 6.07 Å². The second-order valence-corrected chi connectivity index (χ2v) is 10.6. The summed E-state index contributed by atoms with van der Waals surface area (Å²) in [5.74, 6) is -0.0593. The molecule has 39 heavy (non-hydrogen) atoms. The average molecular weight is 531 g/mol. The van der Waals surface area contributed by atoms with Crippen molar-refractivity contribution in [3.05, 3.63) is 97.5 Å². The van der Waals surface area contributed by atoms with Crippen LogP contribution in [0.2, 0.25) is 0 Å². The van der Waals surface area contributed by atoms with Crippen molar-refractivity contribution in [2.45, 2.75) is 37.8 Å². The zero-order valence-electron chi connectivity index (χ0n) is 21.7. The van der Waals surface area contributed by atoms with Crippen LogP contribution in [0.15, 0.2) is 68.1 Å². The van der Waals surface area contributed by atoms with Crippen LogP contribution in [-0.2, 0) is 22.6 Å². The highest BCUT2D eigenvalue weighted by atomic mass is 16.5. The lowest BCUT2D eigenvalue weighted by Crippen LogP contribution is -2.46. The van der Waals surface area contributed by atoms with Crippen LogP contribution in [0.4, 0.5) is 0 Å². The second kappa shape index (κ2) is 10.2. The number of ether oxygens (including phenoxy) is 2. The van der Waals surface area contributed by atoms with Gasteiger partial charge in [-0.3, -0.25) is 19.3 Å². The lowest BCUT2D eigenvalue weighted by atomic mass is 9.83. The third-order valence-corrected chi connectivity index (χ3v) is 7.95. The maximum Gasteiger partial charge on any atom is 0.306 e. The normalized spacial score (nSPS) is 20.7. The molecule has 0 radical (unpaired) electrons. The molecule has 0 unspecified atom stereocenters. The summed E-state index contributed by atoms with van der Waals surface area (Å²) in [7, 11) is 1.30. The molecule has 3 aliphatic rings. The summed E-state index contributed by atoms with van der Waals surface area (Å²) < 4.78 is 18.9. The number of para-hydroxylation sites is 1. The van der Waals surface area contributed by atoms with Crippen molar-refractivity contribution in [2.24, 2.45) is 5.92 Å². The fraction of sp³-hybridized carbons (Fsp3) is 0.367. The average Bonchev–Trinajstić information content (AvgIpc) is 2.94. The fourth-order valence-corrected chi connectivity index (χ4v) is 6.19. The lowest BCUT2D eigenvalue weighted by Gasteiger charge is -2.42. The number of hydrogen-bond acceptors (Lipinski definition) is 8. The van der Waals surface area contributed by atoms with Gasteiger partial charge in [-0.25, -0.2) is 0 Å². The number of carbonyl (C=O) groups excluding carboxylic acids is 1. The van der Waals surface area contributed by atoms with E-state index in [-0.39, 0.29) is 30.3 Å². The SMILES string of the molecule is COC(=O)C[C@H](C1=Cc2ccccc2OC1)c1oc(CN2C[C@@H]3C[C@H](C2)c2cccc(=O)n2C3)cc(=O)c1O. The van der Waals surface area contributed by atoms with Crippen LogP contribution in [0.1, 0.15) is 47.5 Å². The number of pyridine rings is 1. The minimum Gasteiger partial charge on any atom is -0.502 e. The molecule has 0 saturated carbocycles. The topological polar surface area (TPSA) is 111 Å². The first-order valence-corrected chi connectivity index (χ1v) is 13.2. The standard InChI is InChI=1S/C30H30N2O7/c1-37-28(35)12-23(21-10-19-5-2-3-7-26(19)38-17-21)30-29(36)25(33)11-22(39-30)16-31-13-18-9-20(15-31)24-6-4-8-27(34)32(24)14-18/h2-8,10-11,18,20,23,36H,9,12-17H2,1H3/t18-,20+,23+/m0/s1. The lowest BCUT2D eigenvalue weighted by molar-refractivity contribution is -0.141. The Bertz CT molecular complexity index is 1570. The van der Waals surface area contributed by atoms with E-state index in [1.807, 2.05) is 47.0 Å². The van der Waals surface area contributed by atoms with Gasteiger partial charge in [0.15, 0.2) is 5.76 Å². The van der Waals surface area contributed by atoms with E-state index >= 15 is 0 Å². The molecule has 5 heterocycles. The Balaban J connectivity index is 1.31. The van der Waals surface area contributed by atoms with Gasteiger partial charge in [-0.1, -0.05) is 24.3 Å². The number of fused-ring (bicyclic) bond motifs is 5. The number of rotatable bonds is 6. The van der Waals surface area contributed by atoms with E-state index in [4.69, 9.17) is 13.9 Å². The Hall–Kier alpha value is -4.11. The third kappa shape index (κ3) is 4.90. The Morgan fingerprint density at radius 3 is 2.82 bits per heavy atom. The largest absolute Gasteiger partial charge is 0.502 e. The van der Waals surface area contributed by atoms with Crippen LogP contribution >= 0.6 is 0 Å². The molecule has 0 spiro atoms. The number of benzene rings is 1. The molecule has 1 fully saturated rings. The molecule has 6 rings (SSSR count). The van der Waals surface area contributed by atoms with E-state index in [2.05, 4.69) is 4.90 Å². The predicted molar refractivity (Wildman–Crippen MR) is 143 cm³/mol. The zero-order valence-corrected chi connectivity index (χ0v) is 21.7. The number of nitrogens with zero attached hydrogens (tertiary/aromatic N) is 2. The van der Waals surface area contributed by atoms with Gasteiger partial charge in [-0.05, 0) is 36.1 Å². The van der Waals surface area contributed by atoms with Crippen LogP contribution in [0.5, 0.6) is 11.5 Å². The first-order valence-electron chi connectivity index (χ1n) is 13.2. The van der Waals surface area contributed by atoms with Gasteiger partial charge in [0.1, 0.15) is 18.1 Å². The van der Waals surface area contributed by atoms with Gasteiger partial charge in [0.05, 0.1) is 26.0 Å². The second-order valence-electron chi connectivity index (χ2n) is 10.6. The van der Waals surface area contributed by atoms with Gasteiger partial charge in [0, 0.05) is 48.9 Å². The summed E-state index contributed by atoms with van der Waals surface area (Å²) in [6, 6.07) is 14.3. The minimum absolute atomic E-state index is 0.0325. The Morgan fingerprint density at radius 2 is 1.97 bits per heavy atom. The van der Waals surface area contributed by atoms with E-state index < -0.39 is 23.1 Å². The number of methoxy groups -OCH3 is 1. The number of aromatic nitrogens is 1. The first kappa shape index (κ1) is 25.2. The number of esters is 1. The highest BCUT2D eigenvalue weighted by Crippen LogP contribution is 2.39. The Kier molecular flexibility index (Phi) is 6.60. The molecule has 3 atom stereocenters. The first-order chi connectivity index (χ1) is 18.9. The summed E-state index contributed by atoms with van der Waals surface area (Å²) in [5, 5.41) is 10.8. The number of carbonyl (C=O) groups is 1. The van der Waals surface area contributed by atoms with Crippen LogP contribution < -0.4 is 15.7 Å². The van der Waals surface area contributed by atoms with Crippen molar-refractivity contribution in [1.82, 2.24) is 9.47 Å². The van der Waals surface area contributed by atoms with Crippen LogP contribution in [-0.4, -0.2) is 47.3 Å². The molecule has 1 N–H and O–H groups in total.